The van der Waals surface area contributed by atoms with E-state index in [0.717, 1.165) is 35.5 Å². The first-order chi connectivity index (χ1) is 9.25. The minimum atomic E-state index is 0.565. The molecule has 1 aliphatic carbocycles. The molecule has 0 radical (unpaired) electrons. The Kier molecular flexibility index (Phi) is 6.61. The Morgan fingerprint density at radius 2 is 1.70 bits per heavy atom. The summed E-state index contributed by atoms with van der Waals surface area (Å²) in [7, 11) is 0. The minimum Gasteiger partial charge on any atom is -0.0651 e. The van der Waals surface area contributed by atoms with Gasteiger partial charge in [0.05, 0.1) is 0 Å². The van der Waals surface area contributed by atoms with Crippen LogP contribution in [0.25, 0.3) is 0 Å². The summed E-state index contributed by atoms with van der Waals surface area (Å²) in [5.74, 6) is 5.36. The van der Waals surface area contributed by atoms with Crippen molar-refractivity contribution in [2.75, 3.05) is 0 Å². The van der Waals surface area contributed by atoms with Gasteiger partial charge >= 0.3 is 0 Å². The van der Waals surface area contributed by atoms with Crippen LogP contribution in [0.4, 0.5) is 0 Å². The summed E-state index contributed by atoms with van der Waals surface area (Å²) in [5, 5.41) is 0. The number of rotatable bonds is 5. The molecular weight excluding hydrogens is 240 g/mol. The Balaban J connectivity index is 2.90. The summed E-state index contributed by atoms with van der Waals surface area (Å²) in [6.07, 6.45) is 7.11. The highest BCUT2D eigenvalue weighted by atomic mass is 14.5. The molecule has 1 saturated carbocycles. The molecule has 0 bridgehead atoms. The van der Waals surface area contributed by atoms with Crippen molar-refractivity contribution in [3.05, 3.63) is 0 Å². The fourth-order valence-corrected chi connectivity index (χ4v) is 4.45. The first-order valence-corrected chi connectivity index (χ1v) is 9.25. The molecule has 0 spiro atoms. The van der Waals surface area contributed by atoms with E-state index < -0.39 is 0 Å². The minimum absolute atomic E-state index is 0.565. The average molecular weight is 281 g/mol. The maximum absolute atomic E-state index is 2.56. The Hall–Kier alpha value is 0. The molecule has 1 aliphatic rings. The van der Waals surface area contributed by atoms with Crippen LogP contribution >= 0.6 is 0 Å². The van der Waals surface area contributed by atoms with Crippen LogP contribution in [0.3, 0.4) is 0 Å². The second-order valence-corrected chi connectivity index (χ2v) is 8.59. The van der Waals surface area contributed by atoms with E-state index in [1.54, 1.807) is 0 Å². The first-order valence-electron chi connectivity index (χ1n) is 9.25. The Morgan fingerprint density at radius 3 is 2.15 bits per heavy atom. The van der Waals surface area contributed by atoms with E-state index in [-0.39, 0.29) is 0 Å². The Morgan fingerprint density at radius 1 is 1.10 bits per heavy atom. The molecule has 0 nitrogen and oxygen atoms in total. The van der Waals surface area contributed by atoms with Crippen molar-refractivity contribution in [3.8, 4) is 0 Å². The van der Waals surface area contributed by atoms with Crippen LogP contribution in [0.5, 0.6) is 0 Å². The third-order valence-corrected chi connectivity index (χ3v) is 7.22. The average Bonchev–Trinajstić information content (AvgIpc) is 2.50. The van der Waals surface area contributed by atoms with Crippen molar-refractivity contribution in [2.45, 2.75) is 87.5 Å². The van der Waals surface area contributed by atoms with E-state index in [0.29, 0.717) is 5.41 Å². The molecular formula is C20H40. The van der Waals surface area contributed by atoms with E-state index >= 15 is 0 Å². The van der Waals surface area contributed by atoms with Gasteiger partial charge in [-0.1, -0.05) is 68.2 Å². The van der Waals surface area contributed by atoms with Crippen LogP contribution in [0.1, 0.15) is 87.5 Å². The van der Waals surface area contributed by atoms with E-state index in [4.69, 9.17) is 0 Å². The van der Waals surface area contributed by atoms with E-state index in [2.05, 4.69) is 55.4 Å². The monoisotopic (exact) mass is 280 g/mol. The van der Waals surface area contributed by atoms with Crippen LogP contribution < -0.4 is 0 Å². The molecule has 120 valence electrons. The van der Waals surface area contributed by atoms with Gasteiger partial charge in [-0.3, -0.25) is 0 Å². The topological polar surface area (TPSA) is 0 Å². The lowest BCUT2D eigenvalue weighted by atomic mass is 9.66. The van der Waals surface area contributed by atoms with Crippen molar-refractivity contribution in [2.24, 2.45) is 40.9 Å². The van der Waals surface area contributed by atoms with Gasteiger partial charge in [0.15, 0.2) is 0 Å². The summed E-state index contributed by atoms with van der Waals surface area (Å²) in [6.45, 7) is 19.7. The molecule has 20 heavy (non-hydrogen) atoms. The molecule has 0 heterocycles. The molecule has 6 atom stereocenters. The van der Waals surface area contributed by atoms with Crippen LogP contribution in [0, 0.1) is 40.9 Å². The maximum Gasteiger partial charge on any atom is -0.0298 e. The largest absolute Gasteiger partial charge is 0.0651 e. The second-order valence-electron chi connectivity index (χ2n) is 8.59. The van der Waals surface area contributed by atoms with Crippen molar-refractivity contribution in [1.29, 1.82) is 0 Å². The number of hydrogen-bond donors (Lipinski definition) is 0. The van der Waals surface area contributed by atoms with Crippen LogP contribution in [0.2, 0.25) is 0 Å². The summed E-state index contributed by atoms with van der Waals surface area (Å²) >= 11 is 0. The first kappa shape index (κ1) is 18.1. The van der Waals surface area contributed by atoms with E-state index in [1.807, 2.05) is 0 Å². The van der Waals surface area contributed by atoms with Gasteiger partial charge in [0.25, 0.3) is 0 Å². The second kappa shape index (κ2) is 7.32. The normalized spacial score (nSPS) is 40.6. The molecule has 6 unspecified atom stereocenters. The van der Waals surface area contributed by atoms with Crippen molar-refractivity contribution < 1.29 is 0 Å². The molecule has 1 fully saturated rings. The highest BCUT2D eigenvalue weighted by Crippen LogP contribution is 2.50. The molecule has 0 aliphatic heterocycles. The zero-order valence-corrected chi connectivity index (χ0v) is 15.5. The standard InChI is InChI=1S/C20H40/c1-9-18-12-19(11-15(5)14(3)4)16(6)17(7)20(8,10-2)13-18/h14-19H,9-13H2,1-8H3. The van der Waals surface area contributed by atoms with Gasteiger partial charge in [0.1, 0.15) is 0 Å². The highest BCUT2D eigenvalue weighted by molar-refractivity contribution is 4.91. The predicted octanol–water partition coefficient (Wildman–Crippen LogP) is 6.79. The summed E-state index contributed by atoms with van der Waals surface area (Å²) in [4.78, 5) is 0. The summed E-state index contributed by atoms with van der Waals surface area (Å²) in [5.41, 5.74) is 0.565. The van der Waals surface area contributed by atoms with Gasteiger partial charge < -0.3 is 0 Å². The third kappa shape index (κ3) is 4.01. The zero-order valence-electron chi connectivity index (χ0n) is 15.5. The van der Waals surface area contributed by atoms with Gasteiger partial charge in [0, 0.05) is 0 Å². The SMILES string of the molecule is CCC1CC(CC(C)C(C)C)C(C)C(C)C(C)(CC)C1. The van der Waals surface area contributed by atoms with E-state index in [9.17, 15) is 0 Å². The molecule has 0 heteroatoms. The van der Waals surface area contributed by atoms with E-state index in [1.165, 1.54) is 32.1 Å². The highest BCUT2D eigenvalue weighted by Gasteiger charge is 2.41. The van der Waals surface area contributed by atoms with Crippen molar-refractivity contribution in [1.82, 2.24) is 0 Å². The van der Waals surface area contributed by atoms with Gasteiger partial charge in [-0.05, 0) is 60.2 Å². The fourth-order valence-electron chi connectivity index (χ4n) is 4.45. The quantitative estimate of drug-likeness (QED) is 0.486. The lowest BCUT2D eigenvalue weighted by Crippen LogP contribution is -2.31. The molecule has 0 saturated heterocycles. The van der Waals surface area contributed by atoms with Gasteiger partial charge in [-0.2, -0.15) is 0 Å². The summed E-state index contributed by atoms with van der Waals surface area (Å²) in [6, 6.07) is 0. The summed E-state index contributed by atoms with van der Waals surface area (Å²) < 4.78 is 0. The van der Waals surface area contributed by atoms with Crippen molar-refractivity contribution in [3.63, 3.8) is 0 Å². The van der Waals surface area contributed by atoms with Gasteiger partial charge in [0.2, 0.25) is 0 Å². The molecule has 0 aromatic carbocycles. The smallest absolute Gasteiger partial charge is 0.0298 e. The third-order valence-electron chi connectivity index (χ3n) is 7.22. The molecule has 1 rings (SSSR count). The molecule has 0 amide bonds. The van der Waals surface area contributed by atoms with Crippen molar-refractivity contribution >= 4 is 0 Å². The van der Waals surface area contributed by atoms with Crippen LogP contribution in [0.15, 0.2) is 0 Å². The zero-order chi connectivity index (χ0) is 15.5. The predicted molar refractivity (Wildman–Crippen MR) is 91.9 cm³/mol. The maximum atomic E-state index is 2.56. The lowest BCUT2D eigenvalue weighted by Gasteiger charge is -2.39. The van der Waals surface area contributed by atoms with Crippen LogP contribution in [-0.2, 0) is 0 Å². The van der Waals surface area contributed by atoms with Gasteiger partial charge in [-0.25, -0.2) is 0 Å². The Labute approximate surface area is 129 Å². The molecule has 0 aromatic heterocycles. The Bertz CT molecular complexity index is 280. The fraction of sp³-hybridized carbons (Fsp3) is 1.00. The molecule has 0 aromatic rings. The molecule has 0 N–H and O–H groups in total. The number of hydrogen-bond acceptors (Lipinski definition) is 0. The lowest BCUT2D eigenvalue weighted by molar-refractivity contribution is 0.103. The van der Waals surface area contributed by atoms with Crippen LogP contribution in [-0.4, -0.2) is 0 Å². The van der Waals surface area contributed by atoms with Gasteiger partial charge in [-0.15, -0.1) is 0 Å².